The minimum Gasteiger partial charge on any atom is -0.479 e. The van der Waals surface area contributed by atoms with Crippen molar-refractivity contribution in [3.8, 4) is 0 Å². The fourth-order valence-electron chi connectivity index (χ4n) is 1.33. The average molecular weight is 232 g/mol. The number of hydrogen-bond acceptors (Lipinski definition) is 4. The third kappa shape index (κ3) is 4.03. The second kappa shape index (κ2) is 6.29. The van der Waals surface area contributed by atoms with E-state index < -0.39 is 12.1 Å². The van der Waals surface area contributed by atoms with Crippen LogP contribution >= 0.6 is 0 Å². The van der Waals surface area contributed by atoms with E-state index in [-0.39, 0.29) is 12.6 Å². The highest BCUT2D eigenvalue weighted by Crippen LogP contribution is 1.99. The van der Waals surface area contributed by atoms with Crippen molar-refractivity contribution in [2.75, 3.05) is 32.8 Å². The normalized spacial score (nSPS) is 18.7. The number of urea groups is 1. The van der Waals surface area contributed by atoms with Gasteiger partial charge in [0.05, 0.1) is 13.2 Å². The van der Waals surface area contributed by atoms with E-state index in [2.05, 4.69) is 5.32 Å². The molecule has 1 fully saturated rings. The van der Waals surface area contributed by atoms with Gasteiger partial charge in [-0.25, -0.2) is 9.59 Å². The predicted molar refractivity (Wildman–Crippen MR) is 54.1 cm³/mol. The van der Waals surface area contributed by atoms with Crippen LogP contribution in [0.25, 0.3) is 0 Å². The first-order valence-electron chi connectivity index (χ1n) is 5.12. The molecule has 3 N–H and O–H groups in total. The van der Waals surface area contributed by atoms with Crippen molar-refractivity contribution in [2.24, 2.45) is 0 Å². The molecule has 1 heterocycles. The Kier molecular flexibility index (Phi) is 5.00. The van der Waals surface area contributed by atoms with Crippen LogP contribution in [0.2, 0.25) is 0 Å². The van der Waals surface area contributed by atoms with E-state index >= 15 is 0 Å². The molecule has 0 unspecified atom stereocenters. The zero-order valence-corrected chi connectivity index (χ0v) is 8.89. The van der Waals surface area contributed by atoms with Gasteiger partial charge in [0.25, 0.3) is 0 Å². The molecule has 0 saturated carbocycles. The largest absolute Gasteiger partial charge is 0.479 e. The van der Waals surface area contributed by atoms with Crippen molar-refractivity contribution in [3.05, 3.63) is 0 Å². The maximum absolute atomic E-state index is 11.5. The third-order valence-electron chi connectivity index (χ3n) is 2.24. The van der Waals surface area contributed by atoms with E-state index in [1.54, 1.807) is 4.90 Å². The number of amides is 2. The first kappa shape index (κ1) is 12.7. The Hall–Kier alpha value is -1.34. The van der Waals surface area contributed by atoms with Gasteiger partial charge in [-0.05, 0) is 6.42 Å². The molecule has 0 aliphatic carbocycles. The summed E-state index contributed by atoms with van der Waals surface area (Å²) in [5.74, 6) is -1.35. The molecule has 1 saturated heterocycles. The Morgan fingerprint density at radius 1 is 1.38 bits per heavy atom. The smallest absolute Gasteiger partial charge is 0.334 e. The molecule has 0 spiro atoms. The van der Waals surface area contributed by atoms with Crippen molar-refractivity contribution in [1.82, 2.24) is 10.2 Å². The van der Waals surface area contributed by atoms with Gasteiger partial charge in [-0.1, -0.05) is 0 Å². The molecule has 16 heavy (non-hydrogen) atoms. The fraction of sp³-hybridized carbons (Fsp3) is 0.778. The Morgan fingerprint density at radius 2 is 2.12 bits per heavy atom. The average Bonchev–Trinajstić information content (AvgIpc) is 2.53. The highest BCUT2D eigenvalue weighted by molar-refractivity contribution is 5.76. The van der Waals surface area contributed by atoms with E-state index in [1.165, 1.54) is 0 Å². The second-order valence-electron chi connectivity index (χ2n) is 3.49. The summed E-state index contributed by atoms with van der Waals surface area (Å²) in [6.45, 7) is 1.88. The molecule has 92 valence electrons. The zero-order valence-electron chi connectivity index (χ0n) is 8.89. The predicted octanol–water partition coefficient (Wildman–Crippen LogP) is -1.14. The number of aliphatic carboxylic acids is 1. The van der Waals surface area contributed by atoms with E-state index in [9.17, 15) is 9.59 Å². The summed E-state index contributed by atoms with van der Waals surface area (Å²) in [6.07, 6.45) is -0.804. The maximum atomic E-state index is 11.5. The van der Waals surface area contributed by atoms with Crippen molar-refractivity contribution < 1.29 is 24.5 Å². The lowest BCUT2D eigenvalue weighted by Gasteiger charge is -2.20. The van der Waals surface area contributed by atoms with Gasteiger partial charge in [0.15, 0.2) is 6.10 Å². The van der Waals surface area contributed by atoms with E-state index in [0.29, 0.717) is 26.3 Å². The quantitative estimate of drug-likeness (QED) is 0.571. The van der Waals surface area contributed by atoms with E-state index in [4.69, 9.17) is 14.9 Å². The molecule has 1 atom stereocenters. The van der Waals surface area contributed by atoms with Crippen molar-refractivity contribution >= 4 is 12.0 Å². The first-order valence-corrected chi connectivity index (χ1v) is 5.12. The number of ether oxygens (including phenoxy) is 1. The SMILES string of the molecule is O=C(O)[C@@H](O)CNC(=O)N1CCCOCC1. The summed E-state index contributed by atoms with van der Waals surface area (Å²) < 4.78 is 5.17. The highest BCUT2D eigenvalue weighted by atomic mass is 16.5. The Bertz CT molecular complexity index is 250. The zero-order chi connectivity index (χ0) is 12.0. The van der Waals surface area contributed by atoms with Crippen LogP contribution in [0, 0.1) is 0 Å². The van der Waals surface area contributed by atoms with Crippen molar-refractivity contribution in [3.63, 3.8) is 0 Å². The molecule has 1 aliphatic heterocycles. The van der Waals surface area contributed by atoms with Crippen LogP contribution < -0.4 is 5.32 Å². The number of nitrogens with one attached hydrogen (secondary N) is 1. The third-order valence-corrected chi connectivity index (χ3v) is 2.24. The fourth-order valence-corrected chi connectivity index (χ4v) is 1.33. The van der Waals surface area contributed by atoms with Gasteiger partial charge in [0.1, 0.15) is 0 Å². The number of carboxylic acid groups (broad SMARTS) is 1. The summed E-state index contributed by atoms with van der Waals surface area (Å²) in [5, 5.41) is 19.7. The molecular weight excluding hydrogens is 216 g/mol. The number of nitrogens with zero attached hydrogens (tertiary/aromatic N) is 1. The number of aliphatic hydroxyl groups excluding tert-OH is 1. The summed E-state index contributed by atoms with van der Waals surface area (Å²) in [4.78, 5) is 23.4. The van der Waals surface area contributed by atoms with Gasteiger partial charge in [-0.3, -0.25) is 0 Å². The molecule has 1 aliphatic rings. The number of rotatable bonds is 3. The van der Waals surface area contributed by atoms with Crippen LogP contribution in [-0.4, -0.2) is 66.1 Å². The van der Waals surface area contributed by atoms with Crippen molar-refractivity contribution in [2.45, 2.75) is 12.5 Å². The Morgan fingerprint density at radius 3 is 2.81 bits per heavy atom. The number of carbonyl (C=O) groups excluding carboxylic acids is 1. The monoisotopic (exact) mass is 232 g/mol. The van der Waals surface area contributed by atoms with Crippen LogP contribution in [0.1, 0.15) is 6.42 Å². The maximum Gasteiger partial charge on any atom is 0.334 e. The lowest BCUT2D eigenvalue weighted by atomic mass is 10.3. The van der Waals surface area contributed by atoms with Gasteiger partial charge >= 0.3 is 12.0 Å². The molecule has 0 aromatic carbocycles. The summed E-state index contributed by atoms with van der Waals surface area (Å²) >= 11 is 0. The highest BCUT2D eigenvalue weighted by Gasteiger charge is 2.18. The van der Waals surface area contributed by atoms with E-state index in [1.807, 2.05) is 0 Å². The molecule has 0 radical (unpaired) electrons. The minimum atomic E-state index is -1.56. The molecule has 7 nitrogen and oxygen atoms in total. The Balaban J connectivity index is 2.30. The summed E-state index contributed by atoms with van der Waals surface area (Å²) in [7, 11) is 0. The molecular formula is C9H16N2O5. The minimum absolute atomic E-state index is 0.286. The molecule has 0 aromatic rings. The van der Waals surface area contributed by atoms with Gasteiger partial charge < -0.3 is 25.2 Å². The van der Waals surface area contributed by atoms with Crippen LogP contribution in [0.5, 0.6) is 0 Å². The number of aliphatic hydroxyl groups is 1. The number of hydrogen-bond donors (Lipinski definition) is 3. The number of carbonyl (C=O) groups is 2. The van der Waals surface area contributed by atoms with Gasteiger partial charge in [0.2, 0.25) is 0 Å². The summed E-state index contributed by atoms with van der Waals surface area (Å²) in [6, 6.07) is -0.370. The molecule has 0 bridgehead atoms. The van der Waals surface area contributed by atoms with Gasteiger partial charge in [-0.15, -0.1) is 0 Å². The first-order chi connectivity index (χ1) is 7.61. The standard InChI is InChI=1S/C9H16N2O5/c12-7(8(13)14)6-10-9(15)11-2-1-4-16-5-3-11/h7,12H,1-6H2,(H,10,15)(H,13,14)/t7-/m0/s1. The lowest BCUT2D eigenvalue weighted by molar-refractivity contribution is -0.146. The molecule has 7 heteroatoms. The van der Waals surface area contributed by atoms with Crippen LogP contribution in [-0.2, 0) is 9.53 Å². The van der Waals surface area contributed by atoms with E-state index in [0.717, 1.165) is 6.42 Å². The topological polar surface area (TPSA) is 99.1 Å². The summed E-state index contributed by atoms with van der Waals surface area (Å²) in [5.41, 5.74) is 0. The van der Waals surface area contributed by atoms with Gasteiger partial charge in [0, 0.05) is 19.7 Å². The van der Waals surface area contributed by atoms with Crippen LogP contribution in [0.3, 0.4) is 0 Å². The lowest BCUT2D eigenvalue weighted by Crippen LogP contribution is -2.45. The van der Waals surface area contributed by atoms with Crippen LogP contribution in [0.15, 0.2) is 0 Å². The molecule has 1 rings (SSSR count). The Labute approximate surface area is 93.0 Å². The molecule has 0 aromatic heterocycles. The molecule has 2 amide bonds. The van der Waals surface area contributed by atoms with Crippen molar-refractivity contribution in [1.29, 1.82) is 0 Å². The van der Waals surface area contributed by atoms with Gasteiger partial charge in [-0.2, -0.15) is 0 Å². The second-order valence-corrected chi connectivity index (χ2v) is 3.49. The van der Waals surface area contributed by atoms with Crippen LogP contribution in [0.4, 0.5) is 4.79 Å². The number of carboxylic acids is 1.